The van der Waals surface area contributed by atoms with Gasteiger partial charge in [-0.2, -0.15) is 16.6 Å². The first kappa shape index (κ1) is 14.1. The molecule has 0 saturated heterocycles. The van der Waals surface area contributed by atoms with E-state index in [-0.39, 0.29) is 18.5 Å². The smallest absolute Gasteiger partial charge is 0.305 e. The molecule has 0 N–H and O–H groups in total. The van der Waals surface area contributed by atoms with E-state index in [0.29, 0.717) is 0 Å². The largest absolute Gasteiger partial charge is 0.371 e. The van der Waals surface area contributed by atoms with E-state index in [1.165, 1.54) is 11.3 Å². The molecule has 0 aliphatic heterocycles. The monoisotopic (exact) mass is 271 g/mol. The molecule has 0 saturated carbocycles. The average molecular weight is 271 g/mol. The molecule has 1 aromatic heterocycles. The minimum absolute atomic E-state index is 0.0413. The molecule has 6 heteroatoms. The van der Waals surface area contributed by atoms with Crippen LogP contribution in [0.1, 0.15) is 19.4 Å². The van der Waals surface area contributed by atoms with Gasteiger partial charge in [-0.05, 0) is 42.3 Å². The van der Waals surface area contributed by atoms with Gasteiger partial charge in [-0.1, -0.05) is 0 Å². The molecule has 0 fully saturated rings. The number of thiophene rings is 1. The van der Waals surface area contributed by atoms with Crippen LogP contribution in [0.5, 0.6) is 0 Å². The Hall–Kier alpha value is -0.920. The summed E-state index contributed by atoms with van der Waals surface area (Å²) in [5, 5.41) is 12.9. The average Bonchev–Trinajstić information content (AvgIpc) is 2.79. The van der Waals surface area contributed by atoms with Crippen LogP contribution in [0.25, 0.3) is 6.08 Å². The van der Waals surface area contributed by atoms with E-state index >= 15 is 0 Å². The van der Waals surface area contributed by atoms with E-state index in [1.807, 2.05) is 22.9 Å². The summed E-state index contributed by atoms with van der Waals surface area (Å²) in [6, 6.07) is 3.74. The van der Waals surface area contributed by atoms with Crippen LogP contribution in [0.4, 0.5) is 0 Å². The van der Waals surface area contributed by atoms with Gasteiger partial charge in [0.2, 0.25) is 0 Å². The summed E-state index contributed by atoms with van der Waals surface area (Å²) in [6.45, 7) is 3.90. The summed E-state index contributed by atoms with van der Waals surface area (Å²) in [7, 11) is -3.47. The van der Waals surface area contributed by atoms with Gasteiger partial charge in [-0.15, -0.1) is 0 Å². The van der Waals surface area contributed by atoms with Gasteiger partial charge >= 0.3 is 7.60 Å². The molecule has 0 unspecified atom stereocenters. The SMILES string of the molecule is CCOP(=O)(OCC)/C(C#N)=C\c1ccsc1. The Kier molecular flexibility index (Phi) is 5.60. The van der Waals surface area contributed by atoms with Crippen LogP contribution in [0, 0.1) is 11.3 Å². The maximum atomic E-state index is 12.3. The van der Waals surface area contributed by atoms with Crippen molar-refractivity contribution in [2.24, 2.45) is 0 Å². The zero-order valence-electron chi connectivity index (χ0n) is 9.75. The predicted octanol–water partition coefficient (Wildman–Crippen LogP) is 3.88. The van der Waals surface area contributed by atoms with Gasteiger partial charge in [0.1, 0.15) is 11.4 Å². The van der Waals surface area contributed by atoms with Crippen LogP contribution >= 0.6 is 18.9 Å². The molecule has 1 heterocycles. The Labute approximate surface area is 105 Å². The summed E-state index contributed by atoms with van der Waals surface area (Å²) < 4.78 is 22.6. The Morgan fingerprint density at radius 3 is 2.59 bits per heavy atom. The van der Waals surface area contributed by atoms with Crippen molar-refractivity contribution in [1.29, 1.82) is 5.26 Å². The second kappa shape index (κ2) is 6.73. The third kappa shape index (κ3) is 3.79. The van der Waals surface area contributed by atoms with Crippen LogP contribution in [-0.2, 0) is 13.6 Å². The summed E-state index contributed by atoms with van der Waals surface area (Å²) in [6.07, 6.45) is 1.54. The number of allylic oxidation sites excluding steroid dienone is 1. The van der Waals surface area contributed by atoms with Gasteiger partial charge < -0.3 is 9.05 Å². The molecule has 0 atom stereocenters. The lowest BCUT2D eigenvalue weighted by Gasteiger charge is -2.15. The molecule has 0 spiro atoms. The van der Waals surface area contributed by atoms with Crippen molar-refractivity contribution < 1.29 is 13.6 Å². The normalized spacial score (nSPS) is 12.4. The number of nitrogens with zero attached hydrogens (tertiary/aromatic N) is 1. The van der Waals surface area contributed by atoms with Gasteiger partial charge in [-0.25, -0.2) is 0 Å². The molecular weight excluding hydrogens is 257 g/mol. The van der Waals surface area contributed by atoms with E-state index in [0.717, 1.165) is 5.56 Å². The first-order valence-corrected chi connectivity index (χ1v) is 7.68. The molecule has 92 valence electrons. The molecular formula is C11H14NO3PS. The van der Waals surface area contributed by atoms with Crippen molar-refractivity contribution in [3.8, 4) is 6.07 Å². The van der Waals surface area contributed by atoms with E-state index in [2.05, 4.69) is 0 Å². The van der Waals surface area contributed by atoms with Crippen LogP contribution < -0.4 is 0 Å². The highest BCUT2D eigenvalue weighted by atomic mass is 32.1. The van der Waals surface area contributed by atoms with Crippen molar-refractivity contribution in [3.05, 3.63) is 27.7 Å². The van der Waals surface area contributed by atoms with Crippen LogP contribution in [0.2, 0.25) is 0 Å². The highest BCUT2D eigenvalue weighted by Gasteiger charge is 2.29. The molecule has 4 nitrogen and oxygen atoms in total. The number of hydrogen-bond acceptors (Lipinski definition) is 5. The Bertz CT molecular complexity index is 452. The minimum Gasteiger partial charge on any atom is -0.305 e. The highest BCUT2D eigenvalue weighted by molar-refractivity contribution is 7.59. The van der Waals surface area contributed by atoms with Crippen molar-refractivity contribution in [2.75, 3.05) is 13.2 Å². The van der Waals surface area contributed by atoms with Crippen molar-refractivity contribution in [2.45, 2.75) is 13.8 Å². The lowest BCUT2D eigenvalue weighted by molar-refractivity contribution is 0.227. The lowest BCUT2D eigenvalue weighted by atomic mass is 10.3. The zero-order valence-corrected chi connectivity index (χ0v) is 11.5. The van der Waals surface area contributed by atoms with Crippen LogP contribution in [0.15, 0.2) is 22.1 Å². The second-order valence-corrected chi connectivity index (χ2v) is 5.80. The number of nitriles is 1. The van der Waals surface area contributed by atoms with Crippen molar-refractivity contribution in [3.63, 3.8) is 0 Å². The first-order valence-electron chi connectivity index (χ1n) is 5.20. The van der Waals surface area contributed by atoms with E-state index < -0.39 is 7.60 Å². The fourth-order valence-electron chi connectivity index (χ4n) is 1.20. The molecule has 0 radical (unpaired) electrons. The molecule has 0 aliphatic rings. The minimum atomic E-state index is -3.47. The summed E-state index contributed by atoms with van der Waals surface area (Å²) in [5.41, 5.74) is 0.825. The van der Waals surface area contributed by atoms with E-state index in [1.54, 1.807) is 19.9 Å². The van der Waals surface area contributed by atoms with Gasteiger partial charge in [0.15, 0.2) is 0 Å². The predicted molar refractivity (Wildman–Crippen MR) is 68.8 cm³/mol. The summed E-state index contributed by atoms with van der Waals surface area (Å²) >= 11 is 1.50. The van der Waals surface area contributed by atoms with Crippen molar-refractivity contribution >= 4 is 25.0 Å². The van der Waals surface area contributed by atoms with Crippen LogP contribution in [0.3, 0.4) is 0 Å². The molecule has 0 bridgehead atoms. The zero-order chi connectivity index (χ0) is 12.7. The molecule has 17 heavy (non-hydrogen) atoms. The highest BCUT2D eigenvalue weighted by Crippen LogP contribution is 2.56. The topological polar surface area (TPSA) is 59.3 Å². The third-order valence-electron chi connectivity index (χ3n) is 1.85. The third-order valence-corrected chi connectivity index (χ3v) is 4.57. The van der Waals surface area contributed by atoms with Gasteiger partial charge in [0.25, 0.3) is 0 Å². The Balaban J connectivity index is 3.06. The van der Waals surface area contributed by atoms with Crippen LogP contribution in [-0.4, -0.2) is 13.2 Å². The molecule has 1 aromatic rings. The fourth-order valence-corrected chi connectivity index (χ4v) is 3.28. The summed E-state index contributed by atoms with van der Waals surface area (Å²) in [4.78, 5) is 0. The maximum Gasteiger partial charge on any atom is 0.371 e. The molecule has 0 amide bonds. The van der Waals surface area contributed by atoms with Crippen molar-refractivity contribution in [1.82, 2.24) is 0 Å². The summed E-state index contributed by atoms with van der Waals surface area (Å²) in [5.74, 6) is 0. The number of rotatable bonds is 6. The molecule has 1 rings (SSSR count). The fraction of sp³-hybridized carbons (Fsp3) is 0.364. The second-order valence-electron chi connectivity index (χ2n) is 3.03. The Morgan fingerprint density at radius 2 is 2.18 bits per heavy atom. The first-order chi connectivity index (χ1) is 8.16. The lowest BCUT2D eigenvalue weighted by Crippen LogP contribution is -1.97. The van der Waals surface area contributed by atoms with Gasteiger partial charge in [-0.3, -0.25) is 4.57 Å². The number of hydrogen-bond donors (Lipinski definition) is 0. The molecule has 0 aliphatic carbocycles. The van der Waals surface area contributed by atoms with Gasteiger partial charge in [0, 0.05) is 0 Å². The quantitative estimate of drug-likeness (QED) is 0.582. The standard InChI is InChI=1S/C11H14NO3PS/c1-3-14-16(13,15-4-2)11(8-12)7-10-5-6-17-9-10/h5-7,9H,3-4H2,1-2H3/b11-7-. The Morgan fingerprint density at radius 1 is 1.53 bits per heavy atom. The molecule has 0 aromatic carbocycles. The van der Waals surface area contributed by atoms with Gasteiger partial charge in [0.05, 0.1) is 13.2 Å². The maximum absolute atomic E-state index is 12.3. The van der Waals surface area contributed by atoms with E-state index in [9.17, 15) is 4.57 Å². The van der Waals surface area contributed by atoms with E-state index in [4.69, 9.17) is 14.3 Å².